The molecule has 0 fully saturated rings. The third kappa shape index (κ3) is 24.3. The molecule has 4 heteroatoms. The number of rotatable bonds is 27. The fourth-order valence-electron chi connectivity index (χ4n) is 4.20. The van der Waals surface area contributed by atoms with Crippen LogP contribution in [-0.4, -0.2) is 22.6 Å². The Kier molecular flexibility index (Phi) is 27.2. The van der Waals surface area contributed by atoms with Crippen molar-refractivity contribution in [2.45, 2.75) is 129 Å². The number of Topliss-reactive ketones (excluding diaryl/α,β-unsaturated/α-hetero) is 2. The van der Waals surface area contributed by atoms with Gasteiger partial charge in [0.25, 0.3) is 0 Å². The van der Waals surface area contributed by atoms with Crippen molar-refractivity contribution >= 4 is 17.5 Å². The van der Waals surface area contributed by atoms with Gasteiger partial charge in [-0.1, -0.05) is 119 Å². The van der Waals surface area contributed by atoms with E-state index in [1.54, 1.807) is 0 Å². The molecule has 0 aliphatic carbocycles. The first-order valence-electron chi connectivity index (χ1n) is 15.7. The van der Waals surface area contributed by atoms with Gasteiger partial charge in [-0.2, -0.15) is 0 Å². The fraction of sp³-hybridized carbons (Fsp3) is 0.583. The van der Waals surface area contributed by atoms with Gasteiger partial charge in [-0.3, -0.25) is 14.4 Å². The summed E-state index contributed by atoms with van der Waals surface area (Å²) in [7, 11) is 0. The largest absolute Gasteiger partial charge is 0.481 e. The van der Waals surface area contributed by atoms with Crippen LogP contribution in [0.15, 0.2) is 72.9 Å². The lowest BCUT2D eigenvalue weighted by Crippen LogP contribution is -2.30. The van der Waals surface area contributed by atoms with E-state index in [1.165, 1.54) is 0 Å². The number of carbonyl (C=O) groups excluding carboxylic acids is 2. The zero-order valence-electron chi connectivity index (χ0n) is 25.4. The van der Waals surface area contributed by atoms with Gasteiger partial charge < -0.3 is 5.11 Å². The summed E-state index contributed by atoms with van der Waals surface area (Å²) in [5.74, 6) is -3.59. The molecule has 0 heterocycles. The number of hydrogen-bond acceptors (Lipinski definition) is 3. The van der Waals surface area contributed by atoms with Gasteiger partial charge in [0.05, 0.1) is 0 Å². The van der Waals surface area contributed by atoms with Crippen LogP contribution in [0.4, 0.5) is 0 Å². The van der Waals surface area contributed by atoms with Gasteiger partial charge in [0, 0.05) is 6.42 Å². The van der Waals surface area contributed by atoms with Crippen LogP contribution in [0.1, 0.15) is 129 Å². The van der Waals surface area contributed by atoms with Crippen molar-refractivity contribution in [1.82, 2.24) is 0 Å². The molecule has 4 nitrogen and oxygen atoms in total. The van der Waals surface area contributed by atoms with Crippen molar-refractivity contribution in [3.05, 3.63) is 72.9 Å². The van der Waals surface area contributed by atoms with Crippen LogP contribution in [0, 0.1) is 5.92 Å². The van der Waals surface area contributed by atoms with E-state index in [0.29, 0.717) is 12.8 Å². The standard InChI is InChI=1S/C36H56O4/c1-3-5-7-9-11-13-15-17-19-21-23-25-27-29-31-33(36(39)40)35(38)34(37)32-30-28-26-24-22-20-18-16-14-12-10-8-6-4-2/h5-8,11-14,17-20,33H,3-4,9-10,15-16,21-32H2,1-2H3,(H,39,40)/b7-5-,8-6-,13-11-,14-12-,19-17-,20-18-. The lowest BCUT2D eigenvalue weighted by Gasteiger charge is -2.10. The van der Waals surface area contributed by atoms with Crippen LogP contribution in [0.3, 0.4) is 0 Å². The van der Waals surface area contributed by atoms with Crippen LogP contribution >= 0.6 is 0 Å². The highest BCUT2D eigenvalue weighted by atomic mass is 16.4. The molecule has 224 valence electrons. The van der Waals surface area contributed by atoms with Crippen molar-refractivity contribution < 1.29 is 19.5 Å². The molecule has 0 aromatic heterocycles. The molecule has 0 aromatic carbocycles. The summed E-state index contributed by atoms with van der Waals surface area (Å²) in [6.07, 6.45) is 41.8. The van der Waals surface area contributed by atoms with Crippen LogP contribution in [0.5, 0.6) is 0 Å². The minimum absolute atomic E-state index is 0.159. The number of carboxylic acid groups (broad SMARTS) is 1. The molecule has 1 unspecified atom stereocenters. The Labute approximate surface area is 245 Å². The van der Waals surface area contributed by atoms with E-state index in [4.69, 9.17) is 0 Å². The fourth-order valence-corrected chi connectivity index (χ4v) is 4.20. The van der Waals surface area contributed by atoms with E-state index in [-0.39, 0.29) is 12.8 Å². The maximum absolute atomic E-state index is 12.4. The molecular weight excluding hydrogens is 496 g/mol. The Bertz CT molecular complexity index is 826. The molecule has 0 aromatic rings. The maximum atomic E-state index is 12.4. The Hall–Kier alpha value is -2.75. The van der Waals surface area contributed by atoms with Crippen molar-refractivity contribution in [3.8, 4) is 0 Å². The smallest absolute Gasteiger partial charge is 0.314 e. The molecule has 0 saturated heterocycles. The van der Waals surface area contributed by atoms with E-state index in [1.807, 2.05) is 0 Å². The second-order valence-corrected chi connectivity index (χ2v) is 10.2. The molecule has 0 aliphatic heterocycles. The summed E-state index contributed by atoms with van der Waals surface area (Å²) in [5.41, 5.74) is 0. The summed E-state index contributed by atoms with van der Waals surface area (Å²) in [5, 5.41) is 9.49. The van der Waals surface area contributed by atoms with Crippen molar-refractivity contribution in [3.63, 3.8) is 0 Å². The lowest BCUT2D eigenvalue weighted by molar-refractivity contribution is -0.150. The van der Waals surface area contributed by atoms with E-state index in [9.17, 15) is 19.5 Å². The second kappa shape index (κ2) is 29.2. The van der Waals surface area contributed by atoms with Crippen molar-refractivity contribution in [1.29, 1.82) is 0 Å². The number of allylic oxidation sites excluding steroid dienone is 12. The Morgan fingerprint density at radius 1 is 0.525 bits per heavy atom. The summed E-state index contributed by atoms with van der Waals surface area (Å²) >= 11 is 0. The number of carbonyl (C=O) groups is 3. The van der Waals surface area contributed by atoms with Gasteiger partial charge >= 0.3 is 5.97 Å². The first-order valence-corrected chi connectivity index (χ1v) is 15.7. The number of ketones is 2. The van der Waals surface area contributed by atoms with E-state index in [2.05, 4.69) is 86.8 Å². The molecule has 1 atom stereocenters. The van der Waals surface area contributed by atoms with Crippen molar-refractivity contribution in [2.75, 3.05) is 0 Å². The molecule has 40 heavy (non-hydrogen) atoms. The highest BCUT2D eigenvalue weighted by Gasteiger charge is 2.30. The summed E-state index contributed by atoms with van der Waals surface area (Å²) in [6, 6.07) is 0. The third-order valence-electron chi connectivity index (χ3n) is 6.59. The topological polar surface area (TPSA) is 71.4 Å². The molecule has 0 spiro atoms. The van der Waals surface area contributed by atoms with Crippen LogP contribution < -0.4 is 0 Å². The van der Waals surface area contributed by atoms with E-state index >= 15 is 0 Å². The average molecular weight is 553 g/mol. The molecule has 0 radical (unpaired) electrons. The monoisotopic (exact) mass is 552 g/mol. The number of aliphatic carboxylic acids is 1. The number of hydrogen-bond donors (Lipinski definition) is 1. The van der Waals surface area contributed by atoms with Crippen LogP contribution in [0.2, 0.25) is 0 Å². The Morgan fingerprint density at radius 2 is 0.925 bits per heavy atom. The SMILES string of the molecule is CC/C=C\C/C=C\C/C=C\CCCCCCC(=O)C(=O)C(CCCCCC/C=C\C/C=C\C/C=C\CC)C(=O)O. The molecule has 0 rings (SSSR count). The predicted molar refractivity (Wildman–Crippen MR) is 170 cm³/mol. The van der Waals surface area contributed by atoms with Crippen LogP contribution in [-0.2, 0) is 14.4 Å². The summed E-state index contributed by atoms with van der Waals surface area (Å²) < 4.78 is 0. The molecular formula is C36H56O4. The quantitative estimate of drug-likeness (QED) is 0.0476. The number of unbranched alkanes of at least 4 members (excludes halogenated alkanes) is 8. The second-order valence-electron chi connectivity index (χ2n) is 10.2. The summed E-state index contributed by atoms with van der Waals surface area (Å²) in [4.78, 5) is 36.4. The van der Waals surface area contributed by atoms with Gasteiger partial charge in [0.2, 0.25) is 5.78 Å². The first-order chi connectivity index (χ1) is 19.5. The van der Waals surface area contributed by atoms with Gasteiger partial charge in [0.15, 0.2) is 5.78 Å². The zero-order chi connectivity index (χ0) is 29.5. The van der Waals surface area contributed by atoms with E-state index in [0.717, 1.165) is 89.9 Å². The minimum Gasteiger partial charge on any atom is -0.481 e. The predicted octanol–water partition coefficient (Wildman–Crippen LogP) is 10.2. The van der Waals surface area contributed by atoms with Gasteiger partial charge in [0.1, 0.15) is 5.92 Å². The Balaban J connectivity index is 3.92. The molecule has 0 bridgehead atoms. The van der Waals surface area contributed by atoms with Gasteiger partial charge in [-0.25, -0.2) is 0 Å². The maximum Gasteiger partial charge on any atom is 0.314 e. The highest BCUT2D eigenvalue weighted by Crippen LogP contribution is 2.16. The molecule has 0 aliphatic rings. The summed E-state index contributed by atoms with van der Waals surface area (Å²) in [6.45, 7) is 4.26. The molecule has 1 N–H and O–H groups in total. The first kappa shape index (κ1) is 37.2. The highest BCUT2D eigenvalue weighted by molar-refractivity contribution is 6.40. The van der Waals surface area contributed by atoms with Gasteiger partial charge in [-0.05, 0) is 77.0 Å². The zero-order valence-corrected chi connectivity index (χ0v) is 25.4. The van der Waals surface area contributed by atoms with Gasteiger partial charge in [-0.15, -0.1) is 0 Å². The molecule has 0 saturated carbocycles. The number of carboxylic acids is 1. The minimum atomic E-state index is -1.19. The van der Waals surface area contributed by atoms with E-state index < -0.39 is 23.5 Å². The molecule has 0 amide bonds. The lowest BCUT2D eigenvalue weighted by atomic mass is 9.92. The Morgan fingerprint density at radius 3 is 1.38 bits per heavy atom. The third-order valence-corrected chi connectivity index (χ3v) is 6.59. The van der Waals surface area contributed by atoms with Crippen LogP contribution in [0.25, 0.3) is 0 Å². The normalized spacial score (nSPS) is 13.2. The van der Waals surface area contributed by atoms with Crippen molar-refractivity contribution in [2.24, 2.45) is 5.92 Å². The average Bonchev–Trinajstić information content (AvgIpc) is 2.94.